The maximum Gasteiger partial charge on any atom is 0.268 e. The van der Waals surface area contributed by atoms with Crippen LogP contribution in [0.5, 0.6) is 0 Å². The summed E-state index contributed by atoms with van der Waals surface area (Å²) in [6.07, 6.45) is 3.19. The lowest BCUT2D eigenvalue weighted by Gasteiger charge is -2.33. The average Bonchev–Trinajstić information content (AvgIpc) is 3.02. The summed E-state index contributed by atoms with van der Waals surface area (Å²) in [5.41, 5.74) is 4.64. The summed E-state index contributed by atoms with van der Waals surface area (Å²) in [6, 6.07) is 6.97. The number of hydrogen-bond acceptors (Lipinski definition) is 3. The Labute approximate surface area is 184 Å². The predicted molar refractivity (Wildman–Crippen MR) is 123 cm³/mol. The molecule has 0 aliphatic heterocycles. The van der Waals surface area contributed by atoms with Crippen LogP contribution in [0.3, 0.4) is 0 Å². The third-order valence-corrected chi connectivity index (χ3v) is 6.21. The first kappa shape index (κ1) is 23.1. The van der Waals surface area contributed by atoms with Crippen LogP contribution in [0.25, 0.3) is 0 Å². The third kappa shape index (κ3) is 5.18. The molecule has 4 N–H and O–H groups in total. The number of nitrogens with one attached hydrogen (secondary N) is 3. The van der Waals surface area contributed by atoms with Crippen LogP contribution in [-0.2, 0) is 11.2 Å². The van der Waals surface area contributed by atoms with Crippen LogP contribution in [0.15, 0.2) is 24.3 Å². The van der Waals surface area contributed by atoms with E-state index in [1.54, 1.807) is 0 Å². The zero-order valence-electron chi connectivity index (χ0n) is 19.3. The van der Waals surface area contributed by atoms with Crippen molar-refractivity contribution >= 4 is 17.5 Å². The Morgan fingerprint density at radius 3 is 2.65 bits per heavy atom. The second-order valence-corrected chi connectivity index (χ2v) is 9.55. The van der Waals surface area contributed by atoms with Crippen LogP contribution in [-0.4, -0.2) is 27.9 Å². The number of aromatic amines is 1. The molecule has 1 aliphatic rings. The number of rotatable bonds is 7. The highest BCUT2D eigenvalue weighted by Gasteiger charge is 2.35. The van der Waals surface area contributed by atoms with Gasteiger partial charge in [0.05, 0.1) is 6.10 Å². The lowest BCUT2D eigenvalue weighted by Crippen LogP contribution is -2.44. The van der Waals surface area contributed by atoms with Gasteiger partial charge in [-0.1, -0.05) is 51.8 Å². The van der Waals surface area contributed by atoms with Crippen molar-refractivity contribution in [3.63, 3.8) is 0 Å². The van der Waals surface area contributed by atoms with Gasteiger partial charge in [0.1, 0.15) is 11.7 Å². The van der Waals surface area contributed by atoms with E-state index in [0.717, 1.165) is 47.3 Å². The standard InChI is InChI=1S/C25H35N3O3/c1-6-7-11-18(23(30)27-17-12-9-8-10-15(17)2)28-24(31)22-16(3)21-19(26-22)13-25(4,5)14-20(21)29/h8-10,12,18,20,26,29H,6-7,11,13-14H2,1-5H3,(H,27,30)(H,28,31). The van der Waals surface area contributed by atoms with Gasteiger partial charge in [-0.3, -0.25) is 9.59 Å². The first-order chi connectivity index (χ1) is 14.6. The highest BCUT2D eigenvalue weighted by Crippen LogP contribution is 2.42. The van der Waals surface area contributed by atoms with Gasteiger partial charge >= 0.3 is 0 Å². The molecule has 0 spiro atoms. The number of benzene rings is 1. The summed E-state index contributed by atoms with van der Waals surface area (Å²) < 4.78 is 0. The third-order valence-electron chi connectivity index (χ3n) is 6.21. The van der Waals surface area contributed by atoms with Gasteiger partial charge in [-0.2, -0.15) is 0 Å². The van der Waals surface area contributed by atoms with E-state index in [1.165, 1.54) is 0 Å². The van der Waals surface area contributed by atoms with E-state index < -0.39 is 12.1 Å². The molecule has 1 aromatic carbocycles. The average molecular weight is 426 g/mol. The Kier molecular flexibility index (Phi) is 6.90. The first-order valence-electron chi connectivity index (χ1n) is 11.2. The molecule has 2 aromatic rings. The molecule has 0 saturated carbocycles. The molecule has 31 heavy (non-hydrogen) atoms. The number of fused-ring (bicyclic) bond motifs is 1. The van der Waals surface area contributed by atoms with E-state index in [-0.39, 0.29) is 17.2 Å². The fourth-order valence-corrected chi connectivity index (χ4v) is 4.51. The summed E-state index contributed by atoms with van der Waals surface area (Å²) in [5.74, 6) is -0.524. The number of para-hydroxylation sites is 1. The quantitative estimate of drug-likeness (QED) is 0.524. The molecule has 0 bridgehead atoms. The van der Waals surface area contributed by atoms with Crippen molar-refractivity contribution in [1.29, 1.82) is 0 Å². The zero-order valence-corrected chi connectivity index (χ0v) is 19.3. The van der Waals surface area contributed by atoms with Crippen LogP contribution in [0.2, 0.25) is 0 Å². The van der Waals surface area contributed by atoms with E-state index in [2.05, 4.69) is 36.4 Å². The number of aryl methyl sites for hydroxylation is 1. The summed E-state index contributed by atoms with van der Waals surface area (Å²) in [6.45, 7) is 10.1. The number of H-pyrrole nitrogens is 1. The first-order valence-corrected chi connectivity index (χ1v) is 11.2. The van der Waals surface area contributed by atoms with Crippen LogP contribution < -0.4 is 10.6 Å². The number of hydrogen-bond donors (Lipinski definition) is 4. The summed E-state index contributed by atoms with van der Waals surface area (Å²) in [4.78, 5) is 29.4. The number of carbonyl (C=O) groups excluding carboxylic acids is 2. The zero-order chi connectivity index (χ0) is 22.8. The maximum absolute atomic E-state index is 13.1. The fraction of sp³-hybridized carbons (Fsp3) is 0.520. The fourth-order valence-electron chi connectivity index (χ4n) is 4.51. The Hall–Kier alpha value is -2.60. The van der Waals surface area contributed by atoms with Gasteiger partial charge in [-0.25, -0.2) is 0 Å². The molecule has 168 valence electrons. The van der Waals surface area contributed by atoms with Gasteiger partial charge in [-0.15, -0.1) is 0 Å². The van der Waals surface area contributed by atoms with Gasteiger partial charge in [0.2, 0.25) is 5.91 Å². The second-order valence-electron chi connectivity index (χ2n) is 9.55. The minimum absolute atomic E-state index is 0.0332. The van der Waals surface area contributed by atoms with Crippen molar-refractivity contribution in [3.05, 3.63) is 52.3 Å². The van der Waals surface area contributed by atoms with Crippen molar-refractivity contribution in [2.75, 3.05) is 5.32 Å². The van der Waals surface area contributed by atoms with Gasteiger partial charge in [0, 0.05) is 16.9 Å². The normalized spacial score (nSPS) is 18.2. The molecule has 2 amide bonds. The lowest BCUT2D eigenvalue weighted by molar-refractivity contribution is -0.118. The van der Waals surface area contributed by atoms with Crippen LogP contribution in [0.4, 0.5) is 5.69 Å². The Morgan fingerprint density at radius 2 is 1.97 bits per heavy atom. The smallest absolute Gasteiger partial charge is 0.268 e. The highest BCUT2D eigenvalue weighted by molar-refractivity contribution is 6.01. The van der Waals surface area contributed by atoms with Gasteiger partial charge < -0.3 is 20.7 Å². The molecule has 1 aliphatic carbocycles. The minimum atomic E-state index is -0.631. The van der Waals surface area contributed by atoms with E-state index in [1.807, 2.05) is 38.1 Å². The molecule has 1 aromatic heterocycles. The van der Waals surface area contributed by atoms with E-state index in [4.69, 9.17) is 0 Å². The molecule has 0 fully saturated rings. The number of unbranched alkanes of at least 4 members (excludes halogenated alkanes) is 1. The molecule has 3 rings (SSSR count). The highest BCUT2D eigenvalue weighted by atomic mass is 16.3. The van der Waals surface area contributed by atoms with Crippen LogP contribution >= 0.6 is 0 Å². The number of anilines is 1. The summed E-state index contributed by atoms with van der Waals surface area (Å²) >= 11 is 0. The Morgan fingerprint density at radius 1 is 1.26 bits per heavy atom. The monoisotopic (exact) mass is 425 g/mol. The second kappa shape index (κ2) is 9.27. The maximum atomic E-state index is 13.1. The summed E-state index contributed by atoms with van der Waals surface area (Å²) in [7, 11) is 0. The summed E-state index contributed by atoms with van der Waals surface area (Å²) in [5, 5.41) is 16.5. The molecule has 2 atom stereocenters. The van der Waals surface area contributed by atoms with Crippen molar-refractivity contribution in [3.8, 4) is 0 Å². The van der Waals surface area contributed by atoms with Crippen LogP contribution in [0, 0.1) is 19.3 Å². The minimum Gasteiger partial charge on any atom is -0.388 e. The lowest BCUT2D eigenvalue weighted by atomic mass is 9.75. The molecular formula is C25H35N3O3. The van der Waals surface area contributed by atoms with Crippen LogP contribution in [0.1, 0.15) is 85.4 Å². The number of aromatic nitrogens is 1. The number of carbonyl (C=O) groups is 2. The Balaban J connectivity index is 1.80. The topological polar surface area (TPSA) is 94.2 Å². The molecule has 6 nitrogen and oxygen atoms in total. The largest absolute Gasteiger partial charge is 0.388 e. The van der Waals surface area contributed by atoms with Gasteiger partial charge in [-0.05, 0) is 55.7 Å². The molecule has 1 heterocycles. The Bertz CT molecular complexity index is 961. The number of aliphatic hydroxyl groups excluding tert-OH is 1. The van der Waals surface area contributed by atoms with Crippen molar-refractivity contribution < 1.29 is 14.7 Å². The molecule has 0 saturated heterocycles. The van der Waals surface area contributed by atoms with E-state index >= 15 is 0 Å². The van der Waals surface area contributed by atoms with E-state index in [0.29, 0.717) is 18.5 Å². The van der Waals surface area contributed by atoms with E-state index in [9.17, 15) is 14.7 Å². The van der Waals surface area contributed by atoms with Crippen molar-refractivity contribution in [1.82, 2.24) is 10.3 Å². The number of amides is 2. The number of aliphatic hydroxyl groups is 1. The molecule has 6 heteroatoms. The van der Waals surface area contributed by atoms with Gasteiger partial charge in [0.15, 0.2) is 0 Å². The predicted octanol–water partition coefficient (Wildman–Crippen LogP) is 4.56. The van der Waals surface area contributed by atoms with Crippen molar-refractivity contribution in [2.45, 2.75) is 78.9 Å². The molecular weight excluding hydrogens is 390 g/mol. The molecule has 2 unspecified atom stereocenters. The van der Waals surface area contributed by atoms with Gasteiger partial charge in [0.25, 0.3) is 5.91 Å². The van der Waals surface area contributed by atoms with Crippen molar-refractivity contribution in [2.24, 2.45) is 5.41 Å². The molecule has 0 radical (unpaired) electrons. The SMILES string of the molecule is CCCCC(NC(=O)c1[nH]c2c(c1C)C(O)CC(C)(C)C2)C(=O)Nc1ccccc1C.